The lowest BCUT2D eigenvalue weighted by molar-refractivity contribution is -0.142. The first-order chi connectivity index (χ1) is 12.1. The number of thiophene rings is 1. The van der Waals surface area contributed by atoms with E-state index in [-0.39, 0.29) is 6.04 Å². The molecule has 128 valence electrons. The highest BCUT2D eigenvalue weighted by atomic mass is 35.5. The first-order valence-electron chi connectivity index (χ1n) is 8.36. The van der Waals surface area contributed by atoms with Crippen LogP contribution >= 0.6 is 22.9 Å². The Morgan fingerprint density at radius 2 is 1.96 bits per heavy atom. The van der Waals surface area contributed by atoms with Crippen molar-refractivity contribution in [3.63, 3.8) is 0 Å². The van der Waals surface area contributed by atoms with E-state index in [1.165, 1.54) is 16.7 Å². The normalized spacial score (nSPS) is 19.3. The van der Waals surface area contributed by atoms with Crippen LogP contribution in [0.1, 0.15) is 29.3 Å². The number of nitrogens with zero attached hydrogens (tertiary/aromatic N) is 1. The summed E-state index contributed by atoms with van der Waals surface area (Å²) in [5, 5.41) is 12.0. The zero-order valence-electron chi connectivity index (χ0n) is 13.6. The minimum atomic E-state index is -0.745. The van der Waals surface area contributed by atoms with E-state index in [0.717, 1.165) is 33.1 Å². The summed E-state index contributed by atoms with van der Waals surface area (Å²) in [7, 11) is 0. The molecule has 4 rings (SSSR count). The second-order valence-electron chi connectivity index (χ2n) is 6.35. The molecule has 0 radical (unpaired) electrons. The lowest BCUT2D eigenvalue weighted by Crippen LogP contribution is -2.39. The predicted molar refractivity (Wildman–Crippen MR) is 102 cm³/mol. The summed E-state index contributed by atoms with van der Waals surface area (Å²) in [4.78, 5) is 15.0. The molecule has 1 fully saturated rings. The number of hydrogen-bond acceptors (Lipinski definition) is 3. The third-order valence-corrected chi connectivity index (χ3v) is 6.18. The Hall–Kier alpha value is -1.88. The van der Waals surface area contributed by atoms with Crippen LogP contribution in [-0.2, 0) is 4.79 Å². The van der Waals surface area contributed by atoms with Gasteiger partial charge in [0.2, 0.25) is 0 Å². The molecule has 1 aromatic heterocycles. The van der Waals surface area contributed by atoms with Crippen molar-refractivity contribution in [1.82, 2.24) is 4.90 Å². The Labute approximate surface area is 155 Å². The van der Waals surface area contributed by atoms with Gasteiger partial charge in [-0.15, -0.1) is 11.3 Å². The van der Waals surface area contributed by atoms with Crippen molar-refractivity contribution in [1.29, 1.82) is 0 Å². The van der Waals surface area contributed by atoms with Crippen molar-refractivity contribution in [2.24, 2.45) is 0 Å². The van der Waals surface area contributed by atoms with Gasteiger partial charge in [-0.05, 0) is 41.3 Å². The second-order valence-corrected chi connectivity index (χ2v) is 8.09. The average Bonchev–Trinajstić information content (AvgIpc) is 3.25. The van der Waals surface area contributed by atoms with Crippen LogP contribution in [0.15, 0.2) is 54.6 Å². The van der Waals surface area contributed by atoms with Crippen LogP contribution in [0.4, 0.5) is 0 Å². The molecule has 0 saturated carbocycles. The predicted octanol–water partition coefficient (Wildman–Crippen LogP) is 5.19. The van der Waals surface area contributed by atoms with Crippen molar-refractivity contribution in [3.05, 3.63) is 69.4 Å². The summed E-state index contributed by atoms with van der Waals surface area (Å²) in [6.45, 7) is 0.778. The largest absolute Gasteiger partial charge is 0.480 e. The monoisotopic (exact) mass is 371 g/mol. The van der Waals surface area contributed by atoms with Crippen LogP contribution in [0.5, 0.6) is 0 Å². The number of carbonyl (C=O) groups is 1. The van der Waals surface area contributed by atoms with Crippen LogP contribution in [0.25, 0.3) is 10.8 Å². The van der Waals surface area contributed by atoms with Gasteiger partial charge in [0.1, 0.15) is 6.04 Å². The zero-order valence-corrected chi connectivity index (χ0v) is 15.1. The van der Waals surface area contributed by atoms with Gasteiger partial charge in [-0.25, -0.2) is 0 Å². The van der Waals surface area contributed by atoms with E-state index in [0.29, 0.717) is 6.42 Å². The van der Waals surface area contributed by atoms with Crippen molar-refractivity contribution in [2.45, 2.75) is 24.9 Å². The third kappa shape index (κ3) is 3.06. The number of rotatable bonds is 4. The summed E-state index contributed by atoms with van der Waals surface area (Å²) in [5.74, 6) is -0.745. The Balaban J connectivity index is 1.90. The molecule has 2 aromatic carbocycles. The molecule has 1 saturated heterocycles. The maximum atomic E-state index is 11.8. The highest BCUT2D eigenvalue weighted by molar-refractivity contribution is 7.16. The van der Waals surface area contributed by atoms with Crippen molar-refractivity contribution >= 4 is 39.7 Å². The first kappa shape index (κ1) is 16.6. The number of carboxylic acids is 1. The lowest BCUT2D eigenvalue weighted by Gasteiger charge is -2.31. The summed E-state index contributed by atoms with van der Waals surface area (Å²) in [6.07, 6.45) is 1.59. The van der Waals surface area contributed by atoms with E-state index in [1.54, 1.807) is 0 Å². The highest BCUT2D eigenvalue weighted by Gasteiger charge is 2.37. The van der Waals surface area contributed by atoms with Gasteiger partial charge < -0.3 is 5.11 Å². The third-order valence-electron chi connectivity index (χ3n) is 4.89. The summed E-state index contributed by atoms with van der Waals surface area (Å²) in [5.41, 5.74) is 1.14. The van der Waals surface area contributed by atoms with Crippen molar-refractivity contribution in [2.75, 3.05) is 6.54 Å². The van der Waals surface area contributed by atoms with E-state index in [9.17, 15) is 9.90 Å². The fourth-order valence-electron chi connectivity index (χ4n) is 3.82. The molecule has 1 aliphatic rings. The minimum Gasteiger partial charge on any atom is -0.480 e. The number of benzene rings is 2. The van der Waals surface area contributed by atoms with E-state index in [1.807, 2.05) is 30.3 Å². The maximum absolute atomic E-state index is 11.8. The van der Waals surface area contributed by atoms with Gasteiger partial charge in [-0.1, -0.05) is 54.1 Å². The van der Waals surface area contributed by atoms with Gasteiger partial charge in [0, 0.05) is 11.4 Å². The Morgan fingerprint density at radius 1 is 1.16 bits per heavy atom. The molecule has 2 heterocycles. The van der Waals surface area contributed by atoms with Gasteiger partial charge in [-0.3, -0.25) is 9.69 Å². The molecular weight excluding hydrogens is 354 g/mol. The molecule has 0 spiro atoms. The molecule has 1 aliphatic heterocycles. The number of aliphatic carboxylic acids is 1. The van der Waals surface area contributed by atoms with Gasteiger partial charge in [0.05, 0.1) is 10.4 Å². The molecule has 3 nitrogen and oxygen atoms in total. The molecule has 1 N–H and O–H groups in total. The smallest absolute Gasteiger partial charge is 0.320 e. The molecule has 0 aliphatic carbocycles. The van der Waals surface area contributed by atoms with Gasteiger partial charge >= 0.3 is 5.97 Å². The van der Waals surface area contributed by atoms with Crippen LogP contribution in [0.3, 0.4) is 0 Å². The minimum absolute atomic E-state index is 0.0906. The summed E-state index contributed by atoms with van der Waals surface area (Å²) >= 11 is 7.73. The first-order valence-corrected chi connectivity index (χ1v) is 9.56. The molecule has 2 atom stereocenters. The van der Waals surface area contributed by atoms with Crippen LogP contribution in [-0.4, -0.2) is 28.6 Å². The maximum Gasteiger partial charge on any atom is 0.320 e. The number of halogens is 1. The van der Waals surface area contributed by atoms with E-state index < -0.39 is 12.0 Å². The van der Waals surface area contributed by atoms with E-state index >= 15 is 0 Å². The standard InChI is InChI=1S/C20H18ClNO2S/c21-18-11-10-17(25-18)19(22-12-4-9-16(22)20(23)24)15-8-3-6-13-5-1-2-7-14(13)15/h1-3,5-8,10-11,16,19H,4,9,12H2,(H,23,24). The highest BCUT2D eigenvalue weighted by Crippen LogP contribution is 2.41. The molecule has 25 heavy (non-hydrogen) atoms. The molecule has 5 heteroatoms. The molecule has 2 unspecified atom stereocenters. The number of likely N-dealkylation sites (tertiary alicyclic amines) is 1. The zero-order chi connectivity index (χ0) is 17.4. The number of fused-ring (bicyclic) bond motifs is 1. The number of hydrogen-bond donors (Lipinski definition) is 1. The molecular formula is C20H18ClNO2S. The summed E-state index contributed by atoms with van der Waals surface area (Å²) in [6, 6.07) is 17.9. The Bertz CT molecular complexity index is 917. The SMILES string of the molecule is O=C(O)C1CCCN1C(c1ccc(Cl)s1)c1cccc2ccccc12. The second kappa shape index (κ2) is 6.79. The van der Waals surface area contributed by atoms with Crippen LogP contribution < -0.4 is 0 Å². The fourth-order valence-corrected chi connectivity index (χ4v) is 5.02. The van der Waals surface area contributed by atoms with Crippen LogP contribution in [0, 0.1) is 0 Å². The van der Waals surface area contributed by atoms with E-state index in [2.05, 4.69) is 29.2 Å². The Kier molecular flexibility index (Phi) is 4.50. The lowest BCUT2D eigenvalue weighted by atomic mass is 9.96. The Morgan fingerprint density at radius 3 is 2.72 bits per heavy atom. The van der Waals surface area contributed by atoms with Gasteiger partial charge in [0.25, 0.3) is 0 Å². The molecule has 0 bridgehead atoms. The quantitative estimate of drug-likeness (QED) is 0.685. The van der Waals surface area contributed by atoms with Gasteiger partial charge in [-0.2, -0.15) is 0 Å². The van der Waals surface area contributed by atoms with Gasteiger partial charge in [0.15, 0.2) is 0 Å². The van der Waals surface area contributed by atoms with Crippen molar-refractivity contribution in [3.8, 4) is 0 Å². The van der Waals surface area contributed by atoms with E-state index in [4.69, 9.17) is 11.6 Å². The topological polar surface area (TPSA) is 40.5 Å². The summed E-state index contributed by atoms with van der Waals surface area (Å²) < 4.78 is 0.728. The molecule has 0 amide bonds. The number of carboxylic acid groups (broad SMARTS) is 1. The van der Waals surface area contributed by atoms with Crippen LogP contribution in [0.2, 0.25) is 4.34 Å². The average molecular weight is 372 g/mol. The fraction of sp³-hybridized carbons (Fsp3) is 0.250. The molecule has 3 aromatic rings. The van der Waals surface area contributed by atoms with Crippen molar-refractivity contribution < 1.29 is 9.90 Å².